The lowest BCUT2D eigenvalue weighted by Crippen LogP contribution is -2.31. The molecule has 0 fully saturated rings. The summed E-state index contributed by atoms with van der Waals surface area (Å²) in [4.78, 5) is 25.3. The predicted molar refractivity (Wildman–Crippen MR) is 73.3 cm³/mol. The number of hydrogen-bond donors (Lipinski definition) is 0. The Morgan fingerprint density at radius 1 is 1.30 bits per heavy atom. The van der Waals surface area contributed by atoms with Crippen LogP contribution in [0, 0.1) is 12.8 Å². The average molecular weight is 282 g/mol. The second-order valence-corrected chi connectivity index (χ2v) is 5.37. The second kappa shape index (κ2) is 6.49. The van der Waals surface area contributed by atoms with Gasteiger partial charge >= 0.3 is 5.97 Å². The van der Waals surface area contributed by atoms with Crippen LogP contribution in [0.1, 0.15) is 43.0 Å². The number of rotatable bonds is 5. The van der Waals surface area contributed by atoms with Crippen LogP contribution >= 0.6 is 0 Å². The maximum atomic E-state index is 11.9. The maximum Gasteiger partial charge on any atom is 0.360 e. The van der Waals surface area contributed by atoms with Crippen molar-refractivity contribution in [2.75, 3.05) is 20.7 Å². The Bertz CT molecular complexity index is 494. The molecule has 7 nitrogen and oxygen atoms in total. The fourth-order valence-electron chi connectivity index (χ4n) is 1.69. The molecule has 1 aromatic heterocycles. The van der Waals surface area contributed by atoms with Crippen LogP contribution in [-0.2, 0) is 9.53 Å². The quantitative estimate of drug-likeness (QED) is 0.754. The Balaban J connectivity index is 2.89. The lowest BCUT2D eigenvalue weighted by Gasteiger charge is -2.17. The van der Waals surface area contributed by atoms with Gasteiger partial charge in [-0.05, 0) is 19.8 Å². The van der Waals surface area contributed by atoms with Gasteiger partial charge in [-0.3, -0.25) is 4.79 Å². The molecule has 0 N–H and O–H groups in total. The Kier molecular flexibility index (Phi) is 5.24. The number of aromatic nitrogens is 3. The number of carbonyl (C=O) groups is 2. The molecule has 112 valence electrons. The molecular formula is C13H22N4O3. The summed E-state index contributed by atoms with van der Waals surface area (Å²) in [5.41, 5.74) is 0.686. The van der Waals surface area contributed by atoms with Gasteiger partial charge in [0.1, 0.15) is 6.04 Å². The Morgan fingerprint density at radius 3 is 2.40 bits per heavy atom. The first-order valence-corrected chi connectivity index (χ1v) is 6.55. The lowest BCUT2D eigenvalue weighted by molar-refractivity contribution is -0.132. The Labute approximate surface area is 118 Å². The van der Waals surface area contributed by atoms with E-state index in [-0.39, 0.29) is 17.5 Å². The van der Waals surface area contributed by atoms with Crippen LogP contribution in [-0.4, -0.2) is 52.5 Å². The smallest absolute Gasteiger partial charge is 0.360 e. The van der Waals surface area contributed by atoms with Gasteiger partial charge in [0.2, 0.25) is 5.91 Å². The second-order valence-electron chi connectivity index (χ2n) is 5.37. The predicted octanol–water partition coefficient (Wildman–Crippen LogP) is 1.05. The van der Waals surface area contributed by atoms with E-state index in [1.54, 1.807) is 27.9 Å². The number of carbonyl (C=O) groups excluding carboxylic acids is 2. The number of likely N-dealkylation sites (N-methyl/N-ethyl adjacent to an activating group) is 1. The molecule has 0 radical (unpaired) electrons. The monoisotopic (exact) mass is 282 g/mol. The molecule has 1 atom stereocenters. The molecule has 1 aromatic rings. The van der Waals surface area contributed by atoms with Crippen LogP contribution in [0.4, 0.5) is 0 Å². The molecule has 0 aliphatic rings. The minimum atomic E-state index is -0.510. The van der Waals surface area contributed by atoms with Gasteiger partial charge in [0, 0.05) is 14.1 Å². The minimum absolute atomic E-state index is 0.111. The number of nitrogens with zero attached hydrogens (tertiary/aromatic N) is 4. The zero-order chi connectivity index (χ0) is 15.4. The third kappa shape index (κ3) is 3.55. The first-order chi connectivity index (χ1) is 9.25. The normalized spacial score (nSPS) is 12.3. The minimum Gasteiger partial charge on any atom is -0.461 e. The summed E-state index contributed by atoms with van der Waals surface area (Å²) >= 11 is 0. The van der Waals surface area contributed by atoms with Crippen molar-refractivity contribution < 1.29 is 14.3 Å². The van der Waals surface area contributed by atoms with E-state index >= 15 is 0 Å². The first kappa shape index (κ1) is 16.1. The summed E-state index contributed by atoms with van der Waals surface area (Å²) in [6, 6.07) is -0.510. The van der Waals surface area contributed by atoms with E-state index in [9.17, 15) is 9.59 Å². The fraction of sp³-hybridized carbons (Fsp3) is 0.692. The van der Waals surface area contributed by atoms with Crippen molar-refractivity contribution in [2.24, 2.45) is 5.92 Å². The zero-order valence-corrected chi connectivity index (χ0v) is 12.9. The van der Waals surface area contributed by atoms with Gasteiger partial charge in [0.05, 0.1) is 12.3 Å². The zero-order valence-electron chi connectivity index (χ0n) is 12.9. The van der Waals surface area contributed by atoms with E-state index in [4.69, 9.17) is 4.74 Å². The van der Waals surface area contributed by atoms with Gasteiger partial charge < -0.3 is 9.64 Å². The molecule has 1 rings (SSSR count). The van der Waals surface area contributed by atoms with Gasteiger partial charge in [-0.1, -0.05) is 19.1 Å². The largest absolute Gasteiger partial charge is 0.461 e. The van der Waals surface area contributed by atoms with Gasteiger partial charge in [-0.2, -0.15) is 0 Å². The molecule has 1 unspecified atom stereocenters. The van der Waals surface area contributed by atoms with Crippen LogP contribution < -0.4 is 0 Å². The number of amides is 1. The number of hydrogen-bond acceptors (Lipinski definition) is 5. The fourth-order valence-corrected chi connectivity index (χ4v) is 1.69. The Morgan fingerprint density at radius 2 is 1.90 bits per heavy atom. The third-order valence-corrected chi connectivity index (χ3v) is 2.83. The van der Waals surface area contributed by atoms with Crippen LogP contribution in [0.15, 0.2) is 0 Å². The van der Waals surface area contributed by atoms with E-state index in [0.29, 0.717) is 12.3 Å². The molecule has 0 aliphatic carbocycles. The van der Waals surface area contributed by atoms with Gasteiger partial charge in [-0.15, -0.1) is 5.10 Å². The van der Waals surface area contributed by atoms with Crippen molar-refractivity contribution in [3.8, 4) is 0 Å². The maximum absolute atomic E-state index is 11.9. The lowest BCUT2D eigenvalue weighted by atomic mass is 10.2. The average Bonchev–Trinajstić information content (AvgIpc) is 2.75. The van der Waals surface area contributed by atoms with Crippen molar-refractivity contribution in [3.63, 3.8) is 0 Å². The summed E-state index contributed by atoms with van der Waals surface area (Å²) in [7, 11) is 3.34. The summed E-state index contributed by atoms with van der Waals surface area (Å²) in [6.07, 6.45) is 0. The molecule has 20 heavy (non-hydrogen) atoms. The van der Waals surface area contributed by atoms with Gasteiger partial charge in [-0.25, -0.2) is 9.48 Å². The van der Waals surface area contributed by atoms with E-state index in [0.717, 1.165) is 0 Å². The van der Waals surface area contributed by atoms with Crippen molar-refractivity contribution in [1.82, 2.24) is 19.9 Å². The summed E-state index contributed by atoms with van der Waals surface area (Å²) in [6.45, 7) is 7.65. The molecular weight excluding hydrogens is 260 g/mol. The van der Waals surface area contributed by atoms with Crippen LogP contribution in [0.25, 0.3) is 0 Å². The molecule has 0 bridgehead atoms. The molecule has 1 heterocycles. The highest BCUT2D eigenvalue weighted by Crippen LogP contribution is 2.14. The first-order valence-electron chi connectivity index (χ1n) is 6.55. The SMILES string of the molecule is Cc1c(C(=O)OCC(C)C)nnn1C(C)C(=O)N(C)C. The molecule has 7 heteroatoms. The molecule has 0 aliphatic heterocycles. The number of ether oxygens (including phenoxy) is 1. The van der Waals surface area contributed by atoms with E-state index in [2.05, 4.69) is 10.3 Å². The molecule has 0 aromatic carbocycles. The summed E-state index contributed by atoms with van der Waals surface area (Å²) in [5.74, 6) is -0.365. The number of esters is 1. The van der Waals surface area contributed by atoms with Crippen molar-refractivity contribution >= 4 is 11.9 Å². The highest BCUT2D eigenvalue weighted by Gasteiger charge is 2.24. The molecule has 1 amide bonds. The topological polar surface area (TPSA) is 77.3 Å². The van der Waals surface area contributed by atoms with Crippen LogP contribution in [0.5, 0.6) is 0 Å². The van der Waals surface area contributed by atoms with E-state index in [1.165, 1.54) is 9.58 Å². The van der Waals surface area contributed by atoms with Crippen LogP contribution in [0.3, 0.4) is 0 Å². The highest BCUT2D eigenvalue weighted by atomic mass is 16.5. The summed E-state index contributed by atoms with van der Waals surface area (Å²) in [5, 5.41) is 7.71. The van der Waals surface area contributed by atoms with Crippen molar-refractivity contribution in [2.45, 2.75) is 33.7 Å². The summed E-state index contributed by atoms with van der Waals surface area (Å²) < 4.78 is 6.56. The molecule has 0 saturated carbocycles. The molecule has 0 spiro atoms. The van der Waals surface area contributed by atoms with Gasteiger partial charge in [0.15, 0.2) is 5.69 Å². The third-order valence-electron chi connectivity index (χ3n) is 2.83. The van der Waals surface area contributed by atoms with Crippen molar-refractivity contribution in [1.29, 1.82) is 0 Å². The van der Waals surface area contributed by atoms with Gasteiger partial charge in [0.25, 0.3) is 0 Å². The Hall–Kier alpha value is -1.92. The van der Waals surface area contributed by atoms with Crippen LogP contribution in [0.2, 0.25) is 0 Å². The standard InChI is InChI=1S/C13H22N4O3/c1-8(2)7-20-13(19)11-9(3)17(15-14-11)10(4)12(18)16(5)6/h8,10H,7H2,1-6H3. The highest BCUT2D eigenvalue weighted by molar-refractivity contribution is 5.88. The molecule has 0 saturated heterocycles. The van der Waals surface area contributed by atoms with Crippen molar-refractivity contribution in [3.05, 3.63) is 11.4 Å². The van der Waals surface area contributed by atoms with E-state index < -0.39 is 12.0 Å². The van der Waals surface area contributed by atoms with E-state index in [1.807, 2.05) is 13.8 Å².